The third-order valence-electron chi connectivity index (χ3n) is 3.42. The molecule has 0 aliphatic carbocycles. The molecule has 0 fully saturated rings. The number of hydrogen-bond acceptors (Lipinski definition) is 4. The molecule has 2 aromatic carbocycles. The van der Waals surface area contributed by atoms with Gasteiger partial charge in [-0.05, 0) is 48.5 Å². The van der Waals surface area contributed by atoms with Crippen LogP contribution < -0.4 is 9.47 Å². The molecule has 0 N–H and O–H groups in total. The van der Waals surface area contributed by atoms with Crippen molar-refractivity contribution < 1.29 is 19.1 Å². The highest BCUT2D eigenvalue weighted by molar-refractivity contribution is 6.30. The van der Waals surface area contributed by atoms with E-state index in [4.69, 9.17) is 32.7 Å². The molecule has 0 bridgehead atoms. The molecule has 0 radical (unpaired) electrons. The predicted octanol–water partition coefficient (Wildman–Crippen LogP) is 4.38. The summed E-state index contributed by atoms with van der Waals surface area (Å²) in [6.45, 7) is 0.983. The zero-order valence-electron chi connectivity index (χ0n) is 13.5. The molecule has 0 aliphatic heterocycles. The van der Waals surface area contributed by atoms with E-state index in [0.29, 0.717) is 42.3 Å². The van der Waals surface area contributed by atoms with Gasteiger partial charge in [0.2, 0.25) is 0 Å². The van der Waals surface area contributed by atoms with Crippen molar-refractivity contribution in [2.75, 3.05) is 25.0 Å². The van der Waals surface area contributed by atoms with Crippen molar-refractivity contribution in [1.82, 2.24) is 0 Å². The molecule has 0 saturated carbocycles. The average molecular weight is 381 g/mol. The Kier molecular flexibility index (Phi) is 7.76. The van der Waals surface area contributed by atoms with E-state index in [1.54, 1.807) is 48.5 Å². The molecule has 2 aromatic rings. The SMILES string of the molecule is O=C(CCl)c1ccc(OCCCOc2ccc(C(=O)CCl)cc2)cc1. The summed E-state index contributed by atoms with van der Waals surface area (Å²) in [5.74, 6) is 1.10. The Bertz CT molecular complexity index is 635. The highest BCUT2D eigenvalue weighted by Gasteiger charge is 2.05. The Morgan fingerprint density at radius 3 is 1.36 bits per heavy atom. The van der Waals surface area contributed by atoms with Crippen LogP contribution in [0.15, 0.2) is 48.5 Å². The summed E-state index contributed by atoms with van der Waals surface area (Å²) >= 11 is 11.0. The first kappa shape index (κ1) is 19.3. The van der Waals surface area contributed by atoms with Gasteiger partial charge in [0, 0.05) is 17.5 Å². The molecule has 0 saturated heterocycles. The van der Waals surface area contributed by atoms with Crippen LogP contribution >= 0.6 is 23.2 Å². The lowest BCUT2D eigenvalue weighted by Crippen LogP contribution is -2.06. The molecule has 0 amide bonds. The molecular weight excluding hydrogens is 363 g/mol. The maximum atomic E-state index is 11.4. The molecule has 25 heavy (non-hydrogen) atoms. The van der Waals surface area contributed by atoms with E-state index < -0.39 is 0 Å². The summed E-state index contributed by atoms with van der Waals surface area (Å²) in [6.07, 6.45) is 0.699. The molecule has 0 aliphatic rings. The largest absolute Gasteiger partial charge is 0.493 e. The van der Waals surface area contributed by atoms with Crippen molar-refractivity contribution in [3.05, 3.63) is 59.7 Å². The standard InChI is InChI=1S/C19H18Cl2O4/c20-12-18(22)14-2-6-16(7-3-14)24-10-1-11-25-17-8-4-15(5-9-17)19(23)13-21/h2-9H,1,10-13H2. The summed E-state index contributed by atoms with van der Waals surface area (Å²) in [7, 11) is 0. The minimum atomic E-state index is -0.111. The van der Waals surface area contributed by atoms with Crippen molar-refractivity contribution in [2.24, 2.45) is 0 Å². The maximum absolute atomic E-state index is 11.4. The van der Waals surface area contributed by atoms with Crippen molar-refractivity contribution in [3.8, 4) is 11.5 Å². The van der Waals surface area contributed by atoms with Crippen molar-refractivity contribution in [1.29, 1.82) is 0 Å². The van der Waals surface area contributed by atoms with Gasteiger partial charge in [-0.3, -0.25) is 9.59 Å². The average Bonchev–Trinajstić information content (AvgIpc) is 2.67. The minimum absolute atomic E-state index is 0.0292. The molecule has 4 nitrogen and oxygen atoms in total. The van der Waals surface area contributed by atoms with E-state index in [-0.39, 0.29) is 23.3 Å². The van der Waals surface area contributed by atoms with Crippen LogP contribution in [0.5, 0.6) is 11.5 Å². The highest BCUT2D eigenvalue weighted by atomic mass is 35.5. The number of carbonyl (C=O) groups is 2. The maximum Gasteiger partial charge on any atom is 0.177 e. The lowest BCUT2D eigenvalue weighted by molar-refractivity contribution is 0.101. The fraction of sp³-hybridized carbons (Fsp3) is 0.263. The second-order valence-electron chi connectivity index (χ2n) is 5.21. The lowest BCUT2D eigenvalue weighted by atomic mass is 10.1. The van der Waals surface area contributed by atoms with Gasteiger partial charge in [-0.2, -0.15) is 0 Å². The smallest absolute Gasteiger partial charge is 0.177 e. The minimum Gasteiger partial charge on any atom is -0.493 e. The molecular formula is C19H18Cl2O4. The third kappa shape index (κ3) is 6.07. The summed E-state index contributed by atoms with van der Waals surface area (Å²) < 4.78 is 11.2. The normalized spacial score (nSPS) is 10.3. The number of carbonyl (C=O) groups excluding carboxylic acids is 2. The number of benzene rings is 2. The third-order valence-corrected chi connectivity index (χ3v) is 3.91. The Labute approximate surface area is 156 Å². The fourth-order valence-electron chi connectivity index (χ4n) is 2.07. The first-order valence-electron chi connectivity index (χ1n) is 7.78. The van der Waals surface area contributed by atoms with Gasteiger partial charge in [-0.15, -0.1) is 23.2 Å². The van der Waals surface area contributed by atoms with Gasteiger partial charge < -0.3 is 9.47 Å². The van der Waals surface area contributed by atoms with Gasteiger partial charge in [0.05, 0.1) is 25.0 Å². The van der Waals surface area contributed by atoms with Crippen molar-refractivity contribution in [3.63, 3.8) is 0 Å². The number of alkyl halides is 2. The number of halogens is 2. The molecule has 0 heterocycles. The molecule has 0 spiro atoms. The first-order valence-corrected chi connectivity index (χ1v) is 8.85. The van der Waals surface area contributed by atoms with Crippen LogP contribution in [0.4, 0.5) is 0 Å². The predicted molar refractivity (Wildman–Crippen MR) is 98.6 cm³/mol. The van der Waals surface area contributed by atoms with E-state index in [2.05, 4.69) is 0 Å². The van der Waals surface area contributed by atoms with Gasteiger partial charge in [0.1, 0.15) is 11.5 Å². The zero-order chi connectivity index (χ0) is 18.1. The molecule has 0 unspecified atom stereocenters. The summed E-state index contributed by atoms with van der Waals surface area (Å²) in [4.78, 5) is 22.8. The summed E-state index contributed by atoms with van der Waals surface area (Å²) in [5.41, 5.74) is 1.14. The molecule has 6 heteroatoms. The Hall–Kier alpha value is -2.04. The zero-order valence-corrected chi connectivity index (χ0v) is 15.1. The quantitative estimate of drug-likeness (QED) is 0.348. The number of ether oxygens (including phenoxy) is 2. The molecule has 0 aromatic heterocycles. The topological polar surface area (TPSA) is 52.6 Å². The van der Waals surface area contributed by atoms with Crippen LogP contribution in [-0.4, -0.2) is 36.5 Å². The van der Waals surface area contributed by atoms with E-state index in [9.17, 15) is 9.59 Å². The van der Waals surface area contributed by atoms with E-state index in [0.717, 1.165) is 0 Å². The van der Waals surface area contributed by atoms with Crippen LogP contribution in [0.3, 0.4) is 0 Å². The Balaban J connectivity index is 1.69. The van der Waals surface area contributed by atoms with E-state index in [1.807, 2.05) is 0 Å². The van der Waals surface area contributed by atoms with Crippen LogP contribution in [0.1, 0.15) is 27.1 Å². The van der Waals surface area contributed by atoms with Gasteiger partial charge in [-0.25, -0.2) is 0 Å². The summed E-state index contributed by atoms with van der Waals surface area (Å²) in [5, 5.41) is 0. The Morgan fingerprint density at radius 1 is 0.680 bits per heavy atom. The van der Waals surface area contributed by atoms with Gasteiger partial charge in [0.15, 0.2) is 11.6 Å². The second-order valence-corrected chi connectivity index (χ2v) is 5.75. The number of rotatable bonds is 10. The first-order chi connectivity index (χ1) is 12.1. The number of hydrogen-bond donors (Lipinski definition) is 0. The van der Waals surface area contributed by atoms with Crippen LogP contribution in [0.25, 0.3) is 0 Å². The number of ketones is 2. The second kappa shape index (κ2) is 10.1. The lowest BCUT2D eigenvalue weighted by Gasteiger charge is -2.09. The molecule has 132 valence electrons. The van der Waals surface area contributed by atoms with Gasteiger partial charge in [-0.1, -0.05) is 0 Å². The molecule has 0 atom stereocenters. The molecule has 2 rings (SSSR count). The van der Waals surface area contributed by atoms with E-state index in [1.165, 1.54) is 0 Å². The van der Waals surface area contributed by atoms with Gasteiger partial charge in [0.25, 0.3) is 0 Å². The van der Waals surface area contributed by atoms with Crippen LogP contribution in [0, 0.1) is 0 Å². The Morgan fingerprint density at radius 2 is 1.04 bits per heavy atom. The van der Waals surface area contributed by atoms with E-state index >= 15 is 0 Å². The van der Waals surface area contributed by atoms with Gasteiger partial charge >= 0.3 is 0 Å². The monoisotopic (exact) mass is 380 g/mol. The fourth-order valence-corrected chi connectivity index (χ4v) is 2.38. The van der Waals surface area contributed by atoms with Crippen molar-refractivity contribution >= 4 is 34.8 Å². The van der Waals surface area contributed by atoms with Crippen LogP contribution in [-0.2, 0) is 0 Å². The van der Waals surface area contributed by atoms with Crippen molar-refractivity contribution in [2.45, 2.75) is 6.42 Å². The van der Waals surface area contributed by atoms with Crippen LogP contribution in [0.2, 0.25) is 0 Å². The summed E-state index contributed by atoms with van der Waals surface area (Å²) in [6, 6.07) is 13.8. The highest BCUT2D eigenvalue weighted by Crippen LogP contribution is 2.15. The number of Topliss-reactive ketones (excluding diaryl/α,β-unsaturated/α-hetero) is 2.